The maximum Gasteiger partial charge on any atom is 0.341 e. The van der Waals surface area contributed by atoms with Gasteiger partial charge in [0, 0.05) is 11.6 Å². The molecular weight excluding hydrogens is 360 g/mol. The lowest BCUT2D eigenvalue weighted by atomic mass is 10.1. The third-order valence-electron chi connectivity index (χ3n) is 5.36. The minimum atomic E-state index is -0.341. The number of aryl methyl sites for hydroxylation is 1. The molecule has 1 aliphatic rings. The molecule has 2 N–H and O–H groups in total. The molecule has 0 radical (unpaired) electrons. The van der Waals surface area contributed by atoms with Crippen LogP contribution in [0.1, 0.15) is 27.4 Å². The number of furan rings is 1. The van der Waals surface area contributed by atoms with Crippen LogP contribution in [0.3, 0.4) is 0 Å². The van der Waals surface area contributed by atoms with Gasteiger partial charge in [0.15, 0.2) is 17.3 Å². The molecule has 1 aromatic carbocycles. The summed E-state index contributed by atoms with van der Waals surface area (Å²) in [4.78, 5) is 14.8. The molecule has 0 aliphatic carbocycles. The van der Waals surface area contributed by atoms with Crippen LogP contribution in [0.25, 0.3) is 0 Å². The summed E-state index contributed by atoms with van der Waals surface area (Å²) >= 11 is 0. The Morgan fingerprint density at radius 3 is 2.21 bits per heavy atom. The molecule has 1 fully saturated rings. The van der Waals surface area contributed by atoms with Gasteiger partial charge in [-0.2, -0.15) is 0 Å². The van der Waals surface area contributed by atoms with Crippen molar-refractivity contribution in [1.82, 2.24) is 0 Å². The number of quaternary nitrogens is 2. The molecule has 0 spiro atoms. The van der Waals surface area contributed by atoms with Crippen molar-refractivity contribution < 1.29 is 33.2 Å². The van der Waals surface area contributed by atoms with Gasteiger partial charge in [-0.05, 0) is 25.1 Å². The lowest BCUT2D eigenvalue weighted by Crippen LogP contribution is -3.27. The highest BCUT2D eigenvalue weighted by Crippen LogP contribution is 2.27. The van der Waals surface area contributed by atoms with E-state index >= 15 is 0 Å². The number of methoxy groups -OCH3 is 3. The van der Waals surface area contributed by atoms with E-state index in [-0.39, 0.29) is 5.97 Å². The number of rotatable bonds is 7. The van der Waals surface area contributed by atoms with E-state index < -0.39 is 0 Å². The predicted molar refractivity (Wildman–Crippen MR) is 103 cm³/mol. The summed E-state index contributed by atoms with van der Waals surface area (Å²) in [6.07, 6.45) is 0. The summed E-state index contributed by atoms with van der Waals surface area (Å²) in [5.74, 6) is 2.66. The first-order valence-corrected chi connectivity index (χ1v) is 9.59. The second kappa shape index (κ2) is 9.12. The maximum atomic E-state index is 11.7. The number of ether oxygens (including phenoxy) is 3. The summed E-state index contributed by atoms with van der Waals surface area (Å²) in [6.45, 7) is 7.88. The van der Waals surface area contributed by atoms with Crippen LogP contribution in [0.15, 0.2) is 28.7 Å². The van der Waals surface area contributed by atoms with E-state index in [1.807, 2.05) is 12.1 Å². The molecule has 3 rings (SSSR count). The topological polar surface area (TPSA) is 66.8 Å². The van der Waals surface area contributed by atoms with Gasteiger partial charge in [-0.3, -0.25) is 0 Å². The minimum Gasteiger partial charge on any atom is -0.493 e. The van der Waals surface area contributed by atoms with Crippen molar-refractivity contribution in [1.29, 1.82) is 0 Å². The Kier molecular flexibility index (Phi) is 6.59. The van der Waals surface area contributed by atoms with E-state index in [9.17, 15) is 4.79 Å². The Bertz CT molecular complexity index is 809. The molecular formula is C21H30N2O5+2. The van der Waals surface area contributed by atoms with Crippen molar-refractivity contribution in [2.75, 3.05) is 47.5 Å². The molecule has 1 aromatic heterocycles. The van der Waals surface area contributed by atoms with Crippen molar-refractivity contribution in [3.8, 4) is 11.5 Å². The maximum absolute atomic E-state index is 11.7. The van der Waals surface area contributed by atoms with Gasteiger partial charge in [-0.1, -0.05) is 0 Å². The van der Waals surface area contributed by atoms with Crippen LogP contribution in [0.2, 0.25) is 0 Å². The van der Waals surface area contributed by atoms with Crippen molar-refractivity contribution in [2.24, 2.45) is 0 Å². The predicted octanol–water partition coefficient (Wildman–Crippen LogP) is -0.125. The van der Waals surface area contributed by atoms with Crippen LogP contribution >= 0.6 is 0 Å². The molecule has 1 saturated heterocycles. The van der Waals surface area contributed by atoms with E-state index in [0.717, 1.165) is 56.5 Å². The number of hydrogen-bond donors (Lipinski definition) is 2. The van der Waals surface area contributed by atoms with E-state index in [4.69, 9.17) is 18.6 Å². The number of carbonyl (C=O) groups excluding carboxylic acids is 1. The Morgan fingerprint density at radius 2 is 1.61 bits per heavy atom. The van der Waals surface area contributed by atoms with Crippen molar-refractivity contribution in [3.05, 3.63) is 46.9 Å². The first-order chi connectivity index (χ1) is 13.5. The zero-order valence-electron chi connectivity index (χ0n) is 17.1. The number of piperazine rings is 1. The molecule has 2 heterocycles. The summed E-state index contributed by atoms with van der Waals surface area (Å²) in [6, 6.07) is 7.95. The largest absolute Gasteiger partial charge is 0.493 e. The molecule has 152 valence electrons. The van der Waals surface area contributed by atoms with Gasteiger partial charge < -0.3 is 28.4 Å². The van der Waals surface area contributed by atoms with Gasteiger partial charge in [-0.15, -0.1) is 0 Å². The Labute approximate surface area is 165 Å². The summed E-state index contributed by atoms with van der Waals surface area (Å²) < 4.78 is 21.3. The zero-order valence-corrected chi connectivity index (χ0v) is 17.1. The van der Waals surface area contributed by atoms with Crippen LogP contribution < -0.4 is 19.3 Å². The monoisotopic (exact) mass is 390 g/mol. The molecule has 0 amide bonds. The fourth-order valence-electron chi connectivity index (χ4n) is 3.78. The molecule has 28 heavy (non-hydrogen) atoms. The SMILES string of the molecule is COC(=O)c1cc(C[NH+]2CC[NH+](Cc3ccc(OC)c(OC)c3)CC2)oc1C. The Balaban J connectivity index is 1.53. The van der Waals surface area contributed by atoms with Gasteiger partial charge in [0.2, 0.25) is 0 Å². The summed E-state index contributed by atoms with van der Waals surface area (Å²) in [7, 11) is 4.71. The van der Waals surface area contributed by atoms with Crippen molar-refractivity contribution >= 4 is 5.97 Å². The molecule has 0 saturated carbocycles. The number of benzene rings is 1. The first-order valence-electron chi connectivity index (χ1n) is 9.59. The van der Waals surface area contributed by atoms with E-state index in [1.54, 1.807) is 26.0 Å². The van der Waals surface area contributed by atoms with Gasteiger partial charge in [-0.25, -0.2) is 4.79 Å². The van der Waals surface area contributed by atoms with Gasteiger partial charge in [0.25, 0.3) is 0 Å². The molecule has 0 atom stereocenters. The average Bonchev–Trinajstić information content (AvgIpc) is 3.08. The van der Waals surface area contributed by atoms with Crippen LogP contribution in [0.5, 0.6) is 11.5 Å². The normalized spacial score (nSPS) is 19.3. The summed E-state index contributed by atoms with van der Waals surface area (Å²) in [5, 5.41) is 0. The Hall–Kier alpha value is -2.51. The molecule has 7 nitrogen and oxygen atoms in total. The lowest BCUT2D eigenvalue weighted by Gasteiger charge is -2.29. The Morgan fingerprint density at radius 1 is 0.964 bits per heavy atom. The lowest BCUT2D eigenvalue weighted by molar-refractivity contribution is -1.02. The van der Waals surface area contributed by atoms with Crippen LogP contribution in [0.4, 0.5) is 0 Å². The summed E-state index contributed by atoms with van der Waals surface area (Å²) in [5.41, 5.74) is 1.77. The van der Waals surface area contributed by atoms with E-state index in [0.29, 0.717) is 11.3 Å². The zero-order chi connectivity index (χ0) is 20.1. The van der Waals surface area contributed by atoms with Gasteiger partial charge in [0.05, 0.1) is 21.3 Å². The first kappa shape index (κ1) is 20.2. The fraction of sp³-hybridized carbons (Fsp3) is 0.476. The van der Waals surface area contributed by atoms with Crippen LogP contribution in [0, 0.1) is 6.92 Å². The van der Waals surface area contributed by atoms with E-state index in [1.165, 1.54) is 17.6 Å². The fourth-order valence-corrected chi connectivity index (χ4v) is 3.78. The standard InChI is InChI=1S/C21H28N2O5/c1-15-18(21(24)27-4)12-17(28-15)14-23-9-7-22(8-10-23)13-16-5-6-19(25-2)20(11-16)26-3/h5-6,11-12H,7-10,13-14H2,1-4H3/p+2. The highest BCUT2D eigenvalue weighted by Gasteiger charge is 2.25. The number of hydrogen-bond acceptors (Lipinski definition) is 5. The van der Waals surface area contributed by atoms with Gasteiger partial charge in [0.1, 0.15) is 50.6 Å². The van der Waals surface area contributed by atoms with Crippen molar-refractivity contribution in [2.45, 2.75) is 20.0 Å². The highest BCUT2D eigenvalue weighted by atomic mass is 16.5. The quantitative estimate of drug-likeness (QED) is 0.645. The number of carbonyl (C=O) groups is 1. The molecule has 1 aliphatic heterocycles. The molecule has 2 aromatic rings. The molecule has 0 unspecified atom stereocenters. The smallest absolute Gasteiger partial charge is 0.341 e. The minimum absolute atomic E-state index is 0.341. The molecule has 7 heteroatoms. The van der Waals surface area contributed by atoms with Gasteiger partial charge >= 0.3 is 5.97 Å². The highest BCUT2D eigenvalue weighted by molar-refractivity contribution is 5.90. The van der Waals surface area contributed by atoms with E-state index in [2.05, 4.69) is 12.1 Å². The number of nitrogens with one attached hydrogen (secondary N) is 2. The second-order valence-corrected chi connectivity index (χ2v) is 7.22. The third-order valence-corrected chi connectivity index (χ3v) is 5.36. The van der Waals surface area contributed by atoms with Crippen molar-refractivity contribution in [3.63, 3.8) is 0 Å². The van der Waals surface area contributed by atoms with Crippen LogP contribution in [-0.2, 0) is 17.8 Å². The van der Waals surface area contributed by atoms with Crippen LogP contribution in [-0.4, -0.2) is 53.5 Å². The number of esters is 1. The third kappa shape index (κ3) is 4.66. The molecule has 0 bridgehead atoms. The second-order valence-electron chi connectivity index (χ2n) is 7.22. The average molecular weight is 390 g/mol.